The average molecular weight is 311 g/mol. The molecule has 4 N–H and O–H groups in total. The molecule has 0 amide bonds. The van der Waals surface area contributed by atoms with Crippen molar-refractivity contribution in [2.75, 3.05) is 13.3 Å². The molecule has 0 spiro atoms. The van der Waals surface area contributed by atoms with Gasteiger partial charge in [-0.3, -0.25) is 5.32 Å². The van der Waals surface area contributed by atoms with Crippen LogP contribution < -0.4 is 16.4 Å². The van der Waals surface area contributed by atoms with Gasteiger partial charge in [0.25, 0.3) is 6.02 Å². The number of rotatable bonds is 4. The van der Waals surface area contributed by atoms with E-state index in [0.717, 1.165) is 39.0 Å². The first kappa shape index (κ1) is 16.0. The standard InChI is InChI=1S/C15H29N5O2/c1-3-6-10(2)22-15-18-13(16)12-14(19-15)20(9-17-12)11-7-4-5-8-21-11/h10-14,17H,3-9,16H2,1-2H3,(H,18,19)/t10-,11?,12+,13?,14+/m0/s1. The van der Waals surface area contributed by atoms with Crippen molar-refractivity contribution < 1.29 is 9.47 Å². The molecule has 3 aliphatic rings. The highest BCUT2D eigenvalue weighted by molar-refractivity contribution is 5.75. The first-order chi connectivity index (χ1) is 10.7. The molecule has 0 radical (unpaired) electrons. The molecule has 7 heteroatoms. The van der Waals surface area contributed by atoms with Crippen LogP contribution in [0.25, 0.3) is 0 Å². The van der Waals surface area contributed by atoms with E-state index in [4.69, 9.17) is 20.2 Å². The maximum absolute atomic E-state index is 6.25. The van der Waals surface area contributed by atoms with E-state index in [1.807, 2.05) is 0 Å². The molecule has 0 aromatic heterocycles. The van der Waals surface area contributed by atoms with Gasteiger partial charge in [0.1, 0.15) is 12.4 Å². The smallest absolute Gasteiger partial charge is 0.287 e. The second-order valence-corrected chi connectivity index (χ2v) is 6.46. The van der Waals surface area contributed by atoms with E-state index in [0.29, 0.717) is 6.02 Å². The number of ether oxygens (including phenoxy) is 2. The lowest BCUT2D eigenvalue weighted by molar-refractivity contribution is -0.0926. The van der Waals surface area contributed by atoms with E-state index in [-0.39, 0.29) is 30.7 Å². The van der Waals surface area contributed by atoms with Crippen LogP contribution in [0.2, 0.25) is 0 Å². The molecule has 2 unspecified atom stereocenters. The zero-order valence-corrected chi connectivity index (χ0v) is 13.6. The van der Waals surface area contributed by atoms with Crippen LogP contribution in [0.5, 0.6) is 0 Å². The highest BCUT2D eigenvalue weighted by Gasteiger charge is 2.44. The summed E-state index contributed by atoms with van der Waals surface area (Å²) in [5.41, 5.74) is 6.25. The Labute approximate surface area is 132 Å². The van der Waals surface area contributed by atoms with Crippen molar-refractivity contribution in [3.8, 4) is 0 Å². The molecule has 3 heterocycles. The number of nitrogens with one attached hydrogen (secondary N) is 2. The number of aliphatic imine (C=N–C) groups is 1. The number of fused-ring (bicyclic) bond motifs is 1. The molecule has 2 fully saturated rings. The van der Waals surface area contributed by atoms with Crippen LogP contribution in [0, 0.1) is 0 Å². The van der Waals surface area contributed by atoms with Gasteiger partial charge in [0.15, 0.2) is 0 Å². The van der Waals surface area contributed by atoms with Crippen molar-refractivity contribution in [1.29, 1.82) is 0 Å². The lowest BCUT2D eigenvalue weighted by Gasteiger charge is -2.37. The zero-order chi connectivity index (χ0) is 15.5. The summed E-state index contributed by atoms with van der Waals surface area (Å²) in [7, 11) is 0. The summed E-state index contributed by atoms with van der Waals surface area (Å²) >= 11 is 0. The molecule has 2 saturated heterocycles. The van der Waals surface area contributed by atoms with E-state index < -0.39 is 0 Å². The molecule has 3 aliphatic heterocycles. The van der Waals surface area contributed by atoms with Crippen molar-refractivity contribution in [1.82, 2.24) is 15.5 Å². The van der Waals surface area contributed by atoms with Gasteiger partial charge < -0.3 is 20.5 Å². The van der Waals surface area contributed by atoms with Crippen LogP contribution in [-0.2, 0) is 9.47 Å². The molecule has 3 rings (SSSR count). The fourth-order valence-electron chi connectivity index (χ4n) is 3.45. The summed E-state index contributed by atoms with van der Waals surface area (Å²) < 4.78 is 11.8. The Bertz CT molecular complexity index is 399. The van der Waals surface area contributed by atoms with Crippen LogP contribution in [0.4, 0.5) is 0 Å². The van der Waals surface area contributed by atoms with Crippen molar-refractivity contribution in [3.05, 3.63) is 0 Å². The van der Waals surface area contributed by atoms with Gasteiger partial charge in [0.2, 0.25) is 0 Å². The monoisotopic (exact) mass is 311 g/mol. The first-order valence-electron chi connectivity index (χ1n) is 8.56. The van der Waals surface area contributed by atoms with Crippen LogP contribution in [0.1, 0.15) is 46.0 Å². The summed E-state index contributed by atoms with van der Waals surface area (Å²) in [6.07, 6.45) is 5.61. The Kier molecular flexibility index (Phi) is 5.18. The van der Waals surface area contributed by atoms with Crippen molar-refractivity contribution >= 4 is 6.02 Å². The predicted octanol–water partition coefficient (Wildman–Crippen LogP) is 0.520. The van der Waals surface area contributed by atoms with Crippen LogP contribution in [-0.4, -0.2) is 54.9 Å². The van der Waals surface area contributed by atoms with E-state index in [9.17, 15) is 0 Å². The highest BCUT2D eigenvalue weighted by atomic mass is 16.5. The molecule has 0 aromatic rings. The van der Waals surface area contributed by atoms with Crippen LogP contribution >= 0.6 is 0 Å². The van der Waals surface area contributed by atoms with Crippen LogP contribution in [0.3, 0.4) is 0 Å². The fraction of sp³-hybridized carbons (Fsp3) is 0.933. The number of hydrogen-bond donors (Lipinski definition) is 3. The Morgan fingerprint density at radius 2 is 2.36 bits per heavy atom. The largest absolute Gasteiger partial charge is 0.462 e. The maximum atomic E-state index is 6.25. The van der Waals surface area contributed by atoms with E-state index in [1.54, 1.807) is 0 Å². The third-order valence-electron chi connectivity index (χ3n) is 4.63. The summed E-state index contributed by atoms with van der Waals surface area (Å²) in [6.45, 7) is 5.82. The van der Waals surface area contributed by atoms with Gasteiger partial charge in [-0.2, -0.15) is 0 Å². The minimum absolute atomic E-state index is 0.0109. The maximum Gasteiger partial charge on any atom is 0.287 e. The SMILES string of the molecule is CCC[C@H](C)OC1=N[C@H]2[C@H](NCN2C2CCCCO2)C(N)N1. The molecule has 0 aromatic carbocycles. The molecular formula is C15H29N5O2. The fourth-order valence-corrected chi connectivity index (χ4v) is 3.45. The molecule has 7 nitrogen and oxygen atoms in total. The Balaban J connectivity index is 1.69. The first-order valence-corrected chi connectivity index (χ1v) is 8.56. The van der Waals surface area contributed by atoms with Gasteiger partial charge >= 0.3 is 0 Å². The summed E-state index contributed by atoms with van der Waals surface area (Å²) in [5.74, 6) is 0. The summed E-state index contributed by atoms with van der Waals surface area (Å²) in [4.78, 5) is 7.04. The minimum Gasteiger partial charge on any atom is -0.462 e. The van der Waals surface area contributed by atoms with Gasteiger partial charge in [0.05, 0.1) is 25.0 Å². The molecule has 22 heavy (non-hydrogen) atoms. The third-order valence-corrected chi connectivity index (χ3v) is 4.63. The highest BCUT2D eigenvalue weighted by Crippen LogP contribution is 2.26. The lowest BCUT2D eigenvalue weighted by atomic mass is 10.1. The van der Waals surface area contributed by atoms with Crippen molar-refractivity contribution in [2.45, 2.75) is 76.7 Å². The molecule has 0 aliphatic carbocycles. The second-order valence-electron chi connectivity index (χ2n) is 6.46. The lowest BCUT2D eigenvalue weighted by Crippen LogP contribution is -2.62. The topological polar surface area (TPSA) is 84.1 Å². The number of nitrogens with two attached hydrogens (primary N) is 1. The molecule has 0 bridgehead atoms. The zero-order valence-electron chi connectivity index (χ0n) is 13.6. The molecule has 0 saturated carbocycles. The molecule has 5 atom stereocenters. The molecule has 126 valence electrons. The number of amidine groups is 1. The summed E-state index contributed by atoms with van der Waals surface area (Å²) in [5, 5.41) is 6.63. The van der Waals surface area contributed by atoms with Gasteiger partial charge in [-0.25, -0.2) is 9.89 Å². The van der Waals surface area contributed by atoms with E-state index in [2.05, 4.69) is 29.4 Å². The second kappa shape index (κ2) is 7.12. The van der Waals surface area contributed by atoms with Gasteiger partial charge in [0, 0.05) is 6.61 Å². The average Bonchev–Trinajstić information content (AvgIpc) is 2.92. The van der Waals surface area contributed by atoms with Crippen LogP contribution in [0.15, 0.2) is 4.99 Å². The Morgan fingerprint density at radius 1 is 1.50 bits per heavy atom. The Morgan fingerprint density at radius 3 is 3.09 bits per heavy atom. The van der Waals surface area contributed by atoms with Gasteiger partial charge in [-0.1, -0.05) is 13.3 Å². The summed E-state index contributed by atoms with van der Waals surface area (Å²) in [6, 6.07) is 0.665. The minimum atomic E-state index is -0.195. The van der Waals surface area contributed by atoms with Gasteiger partial charge in [-0.05, 0) is 32.6 Å². The van der Waals surface area contributed by atoms with Gasteiger partial charge in [-0.15, -0.1) is 0 Å². The van der Waals surface area contributed by atoms with E-state index in [1.165, 1.54) is 6.42 Å². The number of hydrogen-bond acceptors (Lipinski definition) is 7. The quantitative estimate of drug-likeness (QED) is 0.702. The normalized spacial score (nSPS) is 37.1. The Hall–Kier alpha value is -0.890. The predicted molar refractivity (Wildman–Crippen MR) is 85.0 cm³/mol. The van der Waals surface area contributed by atoms with E-state index >= 15 is 0 Å². The van der Waals surface area contributed by atoms with Crippen molar-refractivity contribution in [2.24, 2.45) is 10.7 Å². The number of nitrogens with zero attached hydrogens (tertiary/aromatic N) is 2. The molecular weight excluding hydrogens is 282 g/mol. The third kappa shape index (κ3) is 3.37. The van der Waals surface area contributed by atoms with Crippen molar-refractivity contribution in [3.63, 3.8) is 0 Å².